The fraction of sp³-hybridized carbons (Fsp3) is 0.250. The van der Waals surface area contributed by atoms with Gasteiger partial charge < -0.3 is 15.8 Å². The van der Waals surface area contributed by atoms with Crippen molar-refractivity contribution in [2.24, 2.45) is 0 Å². The Morgan fingerprint density at radius 3 is 2.90 bits per heavy atom. The molecule has 0 fully saturated rings. The lowest BCUT2D eigenvalue weighted by Gasteiger charge is -2.13. The number of nitrogen functional groups attached to an aromatic ring is 1. The molecule has 3 N–H and O–H groups in total. The Bertz CT molecular complexity index is 641. The van der Waals surface area contributed by atoms with Crippen molar-refractivity contribution in [1.29, 1.82) is 0 Å². The SMILES string of the molecule is CCOC(=O)c1cccc(NCc2cnccc2C)c1N. The van der Waals surface area contributed by atoms with Gasteiger partial charge in [-0.1, -0.05) is 6.07 Å². The average Bonchev–Trinajstić information content (AvgIpc) is 2.48. The third-order valence-corrected chi connectivity index (χ3v) is 3.22. The lowest BCUT2D eigenvalue weighted by molar-refractivity contribution is 0.0527. The van der Waals surface area contributed by atoms with Gasteiger partial charge in [-0.2, -0.15) is 0 Å². The summed E-state index contributed by atoms with van der Waals surface area (Å²) in [6.07, 6.45) is 3.57. The summed E-state index contributed by atoms with van der Waals surface area (Å²) in [4.78, 5) is 15.9. The number of aromatic nitrogens is 1. The van der Waals surface area contributed by atoms with Crippen molar-refractivity contribution < 1.29 is 9.53 Å². The molecule has 0 saturated carbocycles. The van der Waals surface area contributed by atoms with Crippen LogP contribution in [0.1, 0.15) is 28.4 Å². The number of para-hydroxylation sites is 1. The van der Waals surface area contributed by atoms with Gasteiger partial charge in [0.05, 0.1) is 23.5 Å². The number of benzene rings is 1. The molecule has 0 amide bonds. The third-order valence-electron chi connectivity index (χ3n) is 3.22. The van der Waals surface area contributed by atoms with E-state index < -0.39 is 5.97 Å². The number of aryl methyl sites for hydroxylation is 1. The molecule has 0 bridgehead atoms. The van der Waals surface area contributed by atoms with E-state index in [2.05, 4.69) is 10.3 Å². The Morgan fingerprint density at radius 1 is 1.38 bits per heavy atom. The number of ether oxygens (including phenoxy) is 1. The van der Waals surface area contributed by atoms with Gasteiger partial charge in [0.15, 0.2) is 0 Å². The molecule has 5 nitrogen and oxygen atoms in total. The van der Waals surface area contributed by atoms with Crippen LogP contribution in [-0.4, -0.2) is 17.6 Å². The van der Waals surface area contributed by atoms with Crippen LogP contribution in [0.25, 0.3) is 0 Å². The highest BCUT2D eigenvalue weighted by Crippen LogP contribution is 2.24. The standard InChI is InChI=1S/C16H19N3O2/c1-3-21-16(20)13-5-4-6-14(15(13)17)19-10-12-9-18-8-7-11(12)2/h4-9,19H,3,10,17H2,1-2H3. The Morgan fingerprint density at radius 2 is 2.19 bits per heavy atom. The van der Waals surface area contributed by atoms with Crippen molar-refractivity contribution in [3.05, 3.63) is 53.3 Å². The number of nitrogens with two attached hydrogens (primary N) is 1. The summed E-state index contributed by atoms with van der Waals surface area (Å²) in [5, 5.41) is 3.23. The number of carbonyl (C=O) groups excluding carboxylic acids is 1. The minimum atomic E-state index is -0.406. The molecule has 0 aliphatic heterocycles. The number of carbonyl (C=O) groups is 1. The van der Waals surface area contributed by atoms with Gasteiger partial charge in [-0.15, -0.1) is 0 Å². The Labute approximate surface area is 124 Å². The van der Waals surface area contributed by atoms with E-state index in [4.69, 9.17) is 10.5 Å². The summed E-state index contributed by atoms with van der Waals surface area (Å²) in [7, 11) is 0. The molecule has 0 aliphatic carbocycles. The predicted molar refractivity (Wildman–Crippen MR) is 83.1 cm³/mol. The first-order valence-corrected chi connectivity index (χ1v) is 6.82. The summed E-state index contributed by atoms with van der Waals surface area (Å²) in [5.41, 5.74) is 9.76. The normalized spacial score (nSPS) is 10.2. The summed E-state index contributed by atoms with van der Waals surface area (Å²) < 4.78 is 4.99. The number of nitrogens with one attached hydrogen (secondary N) is 1. The molecule has 1 aromatic carbocycles. The number of hydrogen-bond acceptors (Lipinski definition) is 5. The van der Waals surface area contributed by atoms with Gasteiger partial charge in [-0.25, -0.2) is 4.79 Å². The number of nitrogens with zero attached hydrogens (tertiary/aromatic N) is 1. The van der Waals surface area contributed by atoms with E-state index in [-0.39, 0.29) is 0 Å². The van der Waals surface area contributed by atoms with Gasteiger partial charge in [-0.3, -0.25) is 4.98 Å². The first-order chi connectivity index (χ1) is 10.1. The molecule has 0 spiro atoms. The summed E-state index contributed by atoms with van der Waals surface area (Å²) in [5.74, 6) is -0.406. The number of rotatable bonds is 5. The molecule has 1 aromatic heterocycles. The largest absolute Gasteiger partial charge is 0.462 e. The van der Waals surface area contributed by atoms with E-state index in [1.54, 1.807) is 25.3 Å². The van der Waals surface area contributed by atoms with Gasteiger partial charge in [0.25, 0.3) is 0 Å². The molecule has 1 heterocycles. The first-order valence-electron chi connectivity index (χ1n) is 6.82. The predicted octanol–water partition coefficient (Wildman–Crippen LogP) is 2.76. The highest BCUT2D eigenvalue weighted by molar-refractivity contribution is 5.98. The van der Waals surface area contributed by atoms with E-state index in [0.717, 1.165) is 11.1 Å². The van der Waals surface area contributed by atoms with E-state index in [9.17, 15) is 4.79 Å². The Balaban J connectivity index is 2.16. The Hall–Kier alpha value is -2.56. The van der Waals surface area contributed by atoms with Crippen molar-refractivity contribution in [3.63, 3.8) is 0 Å². The fourth-order valence-electron chi connectivity index (χ4n) is 1.98. The molecule has 2 aromatic rings. The highest BCUT2D eigenvalue weighted by atomic mass is 16.5. The van der Waals surface area contributed by atoms with Crippen LogP contribution in [-0.2, 0) is 11.3 Å². The van der Waals surface area contributed by atoms with Gasteiger partial charge in [-0.05, 0) is 43.2 Å². The van der Waals surface area contributed by atoms with Crippen molar-refractivity contribution in [1.82, 2.24) is 4.98 Å². The molecule has 5 heteroatoms. The Kier molecular flexibility index (Phi) is 4.77. The highest BCUT2D eigenvalue weighted by Gasteiger charge is 2.13. The average molecular weight is 285 g/mol. The molecule has 0 saturated heterocycles. The minimum absolute atomic E-state index is 0.324. The van der Waals surface area contributed by atoms with E-state index in [1.807, 2.05) is 25.3 Å². The van der Waals surface area contributed by atoms with Crippen LogP contribution >= 0.6 is 0 Å². The van der Waals surface area contributed by atoms with Crippen molar-refractivity contribution in [3.8, 4) is 0 Å². The second-order valence-corrected chi connectivity index (χ2v) is 4.64. The second-order valence-electron chi connectivity index (χ2n) is 4.64. The second kappa shape index (κ2) is 6.74. The summed E-state index contributed by atoms with van der Waals surface area (Å²) in [6, 6.07) is 7.23. The topological polar surface area (TPSA) is 77.2 Å². The van der Waals surface area contributed by atoms with Crippen LogP contribution < -0.4 is 11.1 Å². The molecule has 21 heavy (non-hydrogen) atoms. The van der Waals surface area contributed by atoms with Gasteiger partial charge in [0, 0.05) is 18.9 Å². The van der Waals surface area contributed by atoms with Crippen molar-refractivity contribution >= 4 is 17.3 Å². The van der Waals surface area contributed by atoms with E-state index >= 15 is 0 Å². The zero-order valence-corrected chi connectivity index (χ0v) is 12.2. The quantitative estimate of drug-likeness (QED) is 0.652. The van der Waals surface area contributed by atoms with Crippen LogP contribution in [0.15, 0.2) is 36.7 Å². The van der Waals surface area contributed by atoms with Crippen LogP contribution in [0.4, 0.5) is 11.4 Å². The zero-order chi connectivity index (χ0) is 15.2. The van der Waals surface area contributed by atoms with Crippen LogP contribution in [0.5, 0.6) is 0 Å². The van der Waals surface area contributed by atoms with E-state index in [0.29, 0.717) is 30.1 Å². The van der Waals surface area contributed by atoms with Crippen molar-refractivity contribution in [2.45, 2.75) is 20.4 Å². The molecular weight excluding hydrogens is 266 g/mol. The molecule has 0 unspecified atom stereocenters. The van der Waals surface area contributed by atoms with Crippen molar-refractivity contribution in [2.75, 3.05) is 17.7 Å². The maximum absolute atomic E-state index is 11.8. The lowest BCUT2D eigenvalue weighted by Crippen LogP contribution is -2.11. The zero-order valence-electron chi connectivity index (χ0n) is 12.2. The van der Waals surface area contributed by atoms with Gasteiger partial charge >= 0.3 is 5.97 Å². The fourth-order valence-corrected chi connectivity index (χ4v) is 1.98. The third kappa shape index (κ3) is 3.51. The summed E-state index contributed by atoms with van der Waals surface area (Å²) in [6.45, 7) is 4.71. The van der Waals surface area contributed by atoms with E-state index in [1.165, 1.54) is 0 Å². The molecule has 0 aliphatic rings. The van der Waals surface area contributed by atoms with Crippen LogP contribution in [0.2, 0.25) is 0 Å². The maximum Gasteiger partial charge on any atom is 0.340 e. The monoisotopic (exact) mass is 285 g/mol. The molecule has 110 valence electrons. The maximum atomic E-state index is 11.8. The number of esters is 1. The van der Waals surface area contributed by atoms with Crippen LogP contribution in [0, 0.1) is 6.92 Å². The molecule has 0 radical (unpaired) electrons. The van der Waals surface area contributed by atoms with Crippen LogP contribution in [0.3, 0.4) is 0 Å². The number of pyridine rings is 1. The number of anilines is 2. The smallest absolute Gasteiger partial charge is 0.340 e. The summed E-state index contributed by atoms with van der Waals surface area (Å²) >= 11 is 0. The lowest BCUT2D eigenvalue weighted by atomic mass is 10.1. The molecule has 0 atom stereocenters. The minimum Gasteiger partial charge on any atom is -0.462 e. The number of hydrogen-bond donors (Lipinski definition) is 2. The molecule has 2 rings (SSSR count). The van der Waals surface area contributed by atoms with Gasteiger partial charge in [0.2, 0.25) is 0 Å². The first kappa shape index (κ1) is 14.8. The van der Waals surface area contributed by atoms with Gasteiger partial charge in [0.1, 0.15) is 0 Å². The molecular formula is C16H19N3O2.